The Bertz CT molecular complexity index is 1680. The van der Waals surface area contributed by atoms with Crippen molar-refractivity contribution in [3.8, 4) is 11.1 Å². The molecule has 52 heavy (non-hydrogen) atoms. The van der Waals surface area contributed by atoms with Crippen LogP contribution in [0.4, 0.5) is 9.18 Å². The summed E-state index contributed by atoms with van der Waals surface area (Å²) in [5.74, 6) is -0.252. The summed E-state index contributed by atoms with van der Waals surface area (Å²) in [7, 11) is 0. The summed E-state index contributed by atoms with van der Waals surface area (Å²) in [5, 5.41) is 12.6. The van der Waals surface area contributed by atoms with Crippen LogP contribution in [0.3, 0.4) is 0 Å². The minimum absolute atomic E-state index is 0.0320. The van der Waals surface area contributed by atoms with Crippen molar-refractivity contribution in [3.05, 3.63) is 58.3 Å². The van der Waals surface area contributed by atoms with Gasteiger partial charge in [-0.15, -0.1) is 0 Å². The number of piperidine rings is 1. The largest absolute Gasteiger partial charge is 0.444 e. The molecule has 1 spiro atoms. The number of likely N-dealkylation sites (tertiary alicyclic amines) is 1. The van der Waals surface area contributed by atoms with Crippen molar-refractivity contribution in [2.75, 3.05) is 39.3 Å². The van der Waals surface area contributed by atoms with Crippen LogP contribution >= 0.6 is 0 Å². The fourth-order valence-electron chi connectivity index (χ4n) is 9.26. The van der Waals surface area contributed by atoms with E-state index in [1.165, 1.54) is 55.0 Å². The first kappa shape index (κ1) is 38.0. The topological polar surface area (TPSA) is 112 Å². The predicted molar refractivity (Wildman–Crippen MR) is 197 cm³/mol. The van der Waals surface area contributed by atoms with Crippen molar-refractivity contribution in [3.63, 3.8) is 0 Å². The molecular weight excluding hydrogens is 663 g/mol. The number of piperazine rings is 1. The molecule has 0 bridgehead atoms. The summed E-state index contributed by atoms with van der Waals surface area (Å²) in [6, 6.07) is 7.37. The van der Waals surface area contributed by atoms with Gasteiger partial charge in [-0.2, -0.15) is 0 Å². The molecule has 4 fully saturated rings. The van der Waals surface area contributed by atoms with Gasteiger partial charge in [0.15, 0.2) is 0 Å². The normalized spacial score (nSPS) is 23.2. The third kappa shape index (κ3) is 8.09. The fraction of sp³-hybridized carbons (Fsp3) is 0.659. The van der Waals surface area contributed by atoms with Crippen molar-refractivity contribution >= 4 is 17.9 Å². The molecule has 284 valence electrons. The Kier molecular flexibility index (Phi) is 11.2. The second-order valence-corrected chi connectivity index (χ2v) is 17.0. The predicted octanol–water partition coefficient (Wildman–Crippen LogP) is 6.48. The molecule has 1 unspecified atom stereocenters. The molecular formula is C41H57FN4O6. The number of carbonyl (C=O) groups is 3. The van der Waals surface area contributed by atoms with Gasteiger partial charge in [-0.05, 0) is 58.4 Å². The highest BCUT2D eigenvalue weighted by Crippen LogP contribution is 2.52. The van der Waals surface area contributed by atoms with Gasteiger partial charge in [-0.1, -0.05) is 70.1 Å². The molecule has 1 aromatic carbocycles. The Balaban J connectivity index is 1.25. The standard InChI is InChI=1S/C41H57FN4O6/c1-29(24-30-12-6-5-7-13-30)36(48)45-19-18-41(51,40(27-45)16-10-11-17-40)28-46-26-33(32(25-35(46)47)31-14-8-9-15-34(31)42)37(49)43-20-22-44(23-21-43)38(50)52-39(2,3)4/h8-9,14-15,25-26,29-30,51H,5-7,10-13,16-24,27-28H2,1-4H3/t29-,41?/m1/s1. The molecule has 2 aromatic rings. The van der Waals surface area contributed by atoms with Gasteiger partial charge in [-0.25, -0.2) is 9.18 Å². The van der Waals surface area contributed by atoms with Crippen LogP contribution in [0.2, 0.25) is 0 Å². The molecule has 2 saturated heterocycles. The quantitative estimate of drug-likeness (QED) is 0.351. The average Bonchev–Trinajstić information content (AvgIpc) is 3.59. The number of hydrogen-bond donors (Lipinski definition) is 1. The van der Waals surface area contributed by atoms with E-state index in [0.29, 0.717) is 25.4 Å². The second-order valence-electron chi connectivity index (χ2n) is 17.0. The smallest absolute Gasteiger partial charge is 0.410 e. The SMILES string of the molecule is C[C@H](CC1CCCCC1)C(=O)N1CCC(O)(Cn2cc(C(=O)N3CCN(C(=O)OC(C)(C)C)CC3)c(-c3ccccc3F)cc2=O)C2(CCCC2)C1. The summed E-state index contributed by atoms with van der Waals surface area (Å²) in [6.07, 6.45) is 11.8. The van der Waals surface area contributed by atoms with Gasteiger partial charge in [-0.3, -0.25) is 14.4 Å². The van der Waals surface area contributed by atoms with Crippen LogP contribution in [0.15, 0.2) is 41.3 Å². The molecule has 1 N–H and O–H groups in total. The highest BCUT2D eigenvalue weighted by atomic mass is 19.1. The lowest BCUT2D eigenvalue weighted by atomic mass is 9.65. The van der Waals surface area contributed by atoms with Crippen molar-refractivity contribution < 1.29 is 28.6 Å². The van der Waals surface area contributed by atoms with Crippen LogP contribution in [0.25, 0.3) is 11.1 Å². The zero-order chi connectivity index (χ0) is 37.3. The van der Waals surface area contributed by atoms with Crippen LogP contribution in [-0.2, 0) is 16.1 Å². The maximum Gasteiger partial charge on any atom is 0.410 e. The van der Waals surface area contributed by atoms with Gasteiger partial charge >= 0.3 is 6.09 Å². The van der Waals surface area contributed by atoms with E-state index in [0.717, 1.165) is 32.1 Å². The molecule has 10 nitrogen and oxygen atoms in total. The lowest BCUT2D eigenvalue weighted by Crippen LogP contribution is -2.62. The summed E-state index contributed by atoms with van der Waals surface area (Å²) in [5.41, 5.74) is -2.45. The summed E-state index contributed by atoms with van der Waals surface area (Å²) >= 11 is 0. The summed E-state index contributed by atoms with van der Waals surface area (Å²) in [6.45, 7) is 9.30. The van der Waals surface area contributed by atoms with Gasteiger partial charge in [0, 0.05) is 74.0 Å². The molecule has 0 radical (unpaired) electrons. The first-order valence-corrected chi connectivity index (χ1v) is 19.5. The number of ether oxygens (including phenoxy) is 1. The van der Waals surface area contributed by atoms with E-state index >= 15 is 4.39 Å². The van der Waals surface area contributed by atoms with Gasteiger partial charge in [0.1, 0.15) is 11.4 Å². The molecule has 3 heterocycles. The molecule has 3 amide bonds. The minimum atomic E-state index is -1.28. The highest BCUT2D eigenvalue weighted by Gasteiger charge is 2.56. The number of pyridine rings is 1. The zero-order valence-corrected chi connectivity index (χ0v) is 31.5. The van der Waals surface area contributed by atoms with E-state index in [9.17, 15) is 24.3 Å². The summed E-state index contributed by atoms with van der Waals surface area (Å²) < 4.78 is 22.2. The van der Waals surface area contributed by atoms with E-state index < -0.39 is 34.1 Å². The second kappa shape index (κ2) is 15.3. The molecule has 1 aromatic heterocycles. The van der Waals surface area contributed by atoms with Crippen LogP contribution in [-0.4, -0.2) is 92.8 Å². The number of halogens is 1. The highest BCUT2D eigenvalue weighted by molar-refractivity contribution is 6.00. The van der Waals surface area contributed by atoms with E-state index in [1.54, 1.807) is 48.8 Å². The van der Waals surface area contributed by atoms with Crippen LogP contribution in [0.1, 0.15) is 109 Å². The molecule has 2 atom stereocenters. The molecule has 6 rings (SSSR count). The zero-order valence-electron chi connectivity index (χ0n) is 31.5. The number of aromatic nitrogens is 1. The van der Waals surface area contributed by atoms with Crippen molar-refractivity contribution in [1.29, 1.82) is 0 Å². The number of aliphatic hydroxyl groups is 1. The number of benzene rings is 1. The van der Waals surface area contributed by atoms with E-state index in [1.807, 2.05) is 11.8 Å². The Morgan fingerprint density at radius 3 is 2.21 bits per heavy atom. The number of nitrogens with zero attached hydrogens (tertiary/aromatic N) is 4. The lowest BCUT2D eigenvalue weighted by Gasteiger charge is -2.53. The maximum absolute atomic E-state index is 15.2. The first-order chi connectivity index (χ1) is 24.7. The Hall–Kier alpha value is -3.73. The van der Waals surface area contributed by atoms with Crippen molar-refractivity contribution in [2.24, 2.45) is 17.3 Å². The molecule has 4 aliphatic rings. The van der Waals surface area contributed by atoms with Crippen LogP contribution in [0, 0.1) is 23.1 Å². The number of hydrogen-bond acceptors (Lipinski definition) is 6. The molecule has 2 saturated carbocycles. The fourth-order valence-corrected chi connectivity index (χ4v) is 9.26. The van der Waals surface area contributed by atoms with Gasteiger partial charge in [0.2, 0.25) is 5.91 Å². The Morgan fingerprint density at radius 1 is 0.904 bits per heavy atom. The lowest BCUT2D eigenvalue weighted by molar-refractivity contribution is -0.163. The van der Waals surface area contributed by atoms with Gasteiger partial charge < -0.3 is 29.1 Å². The van der Waals surface area contributed by atoms with E-state index in [4.69, 9.17) is 4.74 Å². The van der Waals surface area contributed by atoms with Crippen LogP contribution in [0.5, 0.6) is 0 Å². The summed E-state index contributed by atoms with van der Waals surface area (Å²) in [4.78, 5) is 59.8. The van der Waals surface area contributed by atoms with E-state index in [-0.39, 0.29) is 67.1 Å². The van der Waals surface area contributed by atoms with Gasteiger partial charge in [0.05, 0.1) is 17.7 Å². The van der Waals surface area contributed by atoms with E-state index in [2.05, 4.69) is 0 Å². The van der Waals surface area contributed by atoms with Crippen molar-refractivity contribution in [1.82, 2.24) is 19.3 Å². The first-order valence-electron chi connectivity index (χ1n) is 19.5. The molecule has 2 aliphatic heterocycles. The minimum Gasteiger partial charge on any atom is -0.444 e. The third-order valence-electron chi connectivity index (χ3n) is 12.2. The Labute approximate surface area is 307 Å². The van der Waals surface area contributed by atoms with Crippen molar-refractivity contribution in [2.45, 2.75) is 116 Å². The average molecular weight is 721 g/mol. The Morgan fingerprint density at radius 2 is 1.56 bits per heavy atom. The van der Waals surface area contributed by atoms with Crippen LogP contribution < -0.4 is 5.56 Å². The maximum atomic E-state index is 15.2. The molecule has 2 aliphatic carbocycles. The third-order valence-corrected chi connectivity index (χ3v) is 12.2. The molecule has 11 heteroatoms. The number of rotatable bonds is 7. The van der Waals surface area contributed by atoms with Gasteiger partial charge in [0.25, 0.3) is 11.5 Å². The number of amides is 3. The monoisotopic (exact) mass is 720 g/mol. The number of carbonyl (C=O) groups excluding carboxylic acids is 3.